The Morgan fingerprint density at radius 3 is 2.70 bits per heavy atom. The number of hydrogen-bond donors (Lipinski definition) is 1. The molecule has 0 atom stereocenters. The first-order valence-electron chi connectivity index (χ1n) is 7.25. The lowest BCUT2D eigenvalue weighted by Crippen LogP contribution is -2.37. The van der Waals surface area contributed by atoms with Crippen molar-refractivity contribution in [3.05, 3.63) is 82.1 Å². The second-order valence-electron chi connectivity index (χ2n) is 5.32. The van der Waals surface area contributed by atoms with E-state index in [9.17, 15) is 4.79 Å². The fraction of sp³-hybridized carbons (Fsp3) is 0.0556. The number of fused-ring (bicyclic) bond motifs is 3. The number of imidazole rings is 1. The van der Waals surface area contributed by atoms with Crippen LogP contribution in [0.5, 0.6) is 0 Å². The summed E-state index contributed by atoms with van der Waals surface area (Å²) in [6.07, 6.45) is 3.84. The number of aromatic nitrogens is 3. The summed E-state index contributed by atoms with van der Waals surface area (Å²) < 4.78 is 3.50. The van der Waals surface area contributed by atoms with Crippen LogP contribution in [-0.2, 0) is 6.54 Å². The smallest absolute Gasteiger partial charge is 0.257 e. The summed E-state index contributed by atoms with van der Waals surface area (Å²) in [4.78, 5) is 17.1. The van der Waals surface area contributed by atoms with Gasteiger partial charge in [0, 0.05) is 23.8 Å². The molecule has 4 aromatic rings. The molecule has 23 heavy (non-hydrogen) atoms. The number of rotatable bonds is 2. The molecule has 0 aliphatic heterocycles. The summed E-state index contributed by atoms with van der Waals surface area (Å²) in [6, 6.07) is 14.8. The summed E-state index contributed by atoms with van der Waals surface area (Å²) in [5, 5.41) is 8.21. The van der Waals surface area contributed by atoms with Gasteiger partial charge in [0.05, 0.1) is 16.3 Å². The Hall–Kier alpha value is -3.30. The van der Waals surface area contributed by atoms with Crippen molar-refractivity contribution in [2.45, 2.75) is 6.54 Å². The Balaban J connectivity index is 2.06. The lowest BCUT2D eigenvalue weighted by Gasteiger charge is -2.00. The molecule has 110 valence electrons. The van der Waals surface area contributed by atoms with Gasteiger partial charge in [-0.25, -0.2) is 9.55 Å². The van der Waals surface area contributed by atoms with E-state index in [1.54, 1.807) is 10.5 Å². The molecule has 0 fully saturated rings. The Morgan fingerprint density at radius 1 is 1.13 bits per heavy atom. The molecule has 5 nitrogen and oxygen atoms in total. The van der Waals surface area contributed by atoms with Crippen LogP contribution in [0.1, 0.15) is 5.56 Å². The number of para-hydroxylation sites is 2. The third-order valence-corrected chi connectivity index (χ3v) is 3.88. The zero-order valence-corrected chi connectivity index (χ0v) is 12.2. The van der Waals surface area contributed by atoms with Crippen molar-refractivity contribution in [3.63, 3.8) is 0 Å². The third-order valence-electron chi connectivity index (χ3n) is 3.88. The molecular formula is C18H13N4O+. The van der Waals surface area contributed by atoms with E-state index in [4.69, 9.17) is 5.41 Å². The molecular weight excluding hydrogens is 288 g/mol. The lowest BCUT2D eigenvalue weighted by atomic mass is 10.2. The lowest BCUT2D eigenvalue weighted by molar-refractivity contribution is -0.688. The number of nitrogens with zero attached hydrogens (tertiary/aromatic N) is 3. The van der Waals surface area contributed by atoms with Gasteiger partial charge in [-0.3, -0.25) is 14.6 Å². The molecule has 1 N–H and O–H groups in total. The number of benzene rings is 1. The molecule has 4 rings (SSSR count). The first kappa shape index (κ1) is 13.4. The number of nitrogens with one attached hydrogen (secondary N) is 1. The average Bonchev–Trinajstić information content (AvgIpc) is 2.96. The topological polar surface area (TPSA) is 62.1 Å². The molecule has 3 aromatic heterocycles. The van der Waals surface area contributed by atoms with Crippen LogP contribution in [0.15, 0.2) is 65.7 Å². The maximum Gasteiger partial charge on any atom is 0.257 e. The van der Waals surface area contributed by atoms with Gasteiger partial charge in [0.2, 0.25) is 0 Å². The SMILES string of the molecule is N=C=c1c(C[n+]2ccccc2)cc(=O)n2c1nc1ccccc12. The minimum Gasteiger partial charge on any atom is -0.269 e. The normalized spacial score (nSPS) is 11.0. The Morgan fingerprint density at radius 2 is 1.91 bits per heavy atom. The highest BCUT2D eigenvalue weighted by molar-refractivity contribution is 5.81. The zero-order chi connectivity index (χ0) is 15.8. The number of pyridine rings is 2. The molecule has 0 aliphatic rings. The molecule has 0 amide bonds. The quantitative estimate of drug-likeness (QED) is 0.440. The molecule has 5 heteroatoms. The highest BCUT2D eigenvalue weighted by Crippen LogP contribution is 2.12. The van der Waals surface area contributed by atoms with Crippen molar-refractivity contribution in [2.24, 2.45) is 0 Å². The van der Waals surface area contributed by atoms with Gasteiger partial charge in [0.1, 0.15) is 0 Å². The predicted molar refractivity (Wildman–Crippen MR) is 86.8 cm³/mol. The van der Waals surface area contributed by atoms with E-state index in [0.29, 0.717) is 17.4 Å². The van der Waals surface area contributed by atoms with Crippen LogP contribution >= 0.6 is 0 Å². The predicted octanol–water partition coefficient (Wildman–Crippen LogP) is 0.822. The Labute approximate surface area is 131 Å². The van der Waals surface area contributed by atoms with Gasteiger partial charge in [0.25, 0.3) is 5.56 Å². The van der Waals surface area contributed by atoms with Gasteiger partial charge in [-0.05, 0) is 18.0 Å². The Kier molecular flexibility index (Phi) is 3.00. The summed E-state index contributed by atoms with van der Waals surface area (Å²) in [6.45, 7) is 0.497. The standard InChI is InChI=1S/C18H13N4O/c19-11-14-13(12-21-8-4-1-5-9-21)10-17(23)22-16-7-3-2-6-15(16)20-18(14)22/h1-10,19H,12H2/q+1. The van der Waals surface area contributed by atoms with E-state index >= 15 is 0 Å². The van der Waals surface area contributed by atoms with Gasteiger partial charge in [-0.2, -0.15) is 0 Å². The molecule has 0 aliphatic carbocycles. The van der Waals surface area contributed by atoms with Gasteiger partial charge in [-0.15, -0.1) is 0 Å². The minimum absolute atomic E-state index is 0.140. The molecule has 0 spiro atoms. The van der Waals surface area contributed by atoms with Crippen LogP contribution in [0.4, 0.5) is 0 Å². The highest BCUT2D eigenvalue weighted by atomic mass is 16.1. The van der Waals surface area contributed by atoms with Gasteiger partial charge in [0.15, 0.2) is 24.6 Å². The largest absolute Gasteiger partial charge is 0.269 e. The molecule has 3 heterocycles. The van der Waals surface area contributed by atoms with E-state index in [1.807, 2.05) is 59.4 Å². The third kappa shape index (κ3) is 2.11. The van der Waals surface area contributed by atoms with Crippen LogP contribution in [0.2, 0.25) is 0 Å². The maximum absolute atomic E-state index is 12.6. The van der Waals surface area contributed by atoms with Crippen LogP contribution < -0.4 is 15.3 Å². The minimum atomic E-state index is -0.140. The summed E-state index contributed by atoms with van der Waals surface area (Å²) >= 11 is 0. The van der Waals surface area contributed by atoms with E-state index in [0.717, 1.165) is 16.6 Å². The molecule has 1 aromatic carbocycles. The second kappa shape index (κ2) is 5.16. The maximum atomic E-state index is 12.6. The van der Waals surface area contributed by atoms with Gasteiger partial charge >= 0.3 is 0 Å². The number of hydrogen-bond acceptors (Lipinski definition) is 3. The average molecular weight is 301 g/mol. The van der Waals surface area contributed by atoms with E-state index in [-0.39, 0.29) is 5.56 Å². The summed E-state index contributed by atoms with van der Waals surface area (Å²) in [5.41, 5.74) is 2.58. The monoisotopic (exact) mass is 301 g/mol. The molecule has 0 unspecified atom stereocenters. The summed E-state index contributed by atoms with van der Waals surface area (Å²) in [7, 11) is 0. The van der Waals surface area contributed by atoms with Crippen molar-refractivity contribution < 1.29 is 4.57 Å². The Bertz CT molecular complexity index is 1160. The van der Waals surface area contributed by atoms with Crippen LogP contribution in [0.3, 0.4) is 0 Å². The fourth-order valence-electron chi connectivity index (χ4n) is 2.84. The van der Waals surface area contributed by atoms with Crippen LogP contribution in [0.25, 0.3) is 16.7 Å². The molecule has 0 radical (unpaired) electrons. The first-order valence-corrected chi connectivity index (χ1v) is 7.25. The fourth-order valence-corrected chi connectivity index (χ4v) is 2.84. The van der Waals surface area contributed by atoms with Crippen molar-refractivity contribution in [3.8, 4) is 0 Å². The van der Waals surface area contributed by atoms with E-state index in [1.165, 1.54) is 0 Å². The van der Waals surface area contributed by atoms with Crippen LogP contribution in [0, 0.1) is 5.41 Å². The van der Waals surface area contributed by atoms with Gasteiger partial charge in [-0.1, -0.05) is 18.2 Å². The van der Waals surface area contributed by atoms with E-state index in [2.05, 4.69) is 10.9 Å². The first-order chi connectivity index (χ1) is 11.3. The molecule has 0 saturated heterocycles. The second-order valence-corrected chi connectivity index (χ2v) is 5.32. The van der Waals surface area contributed by atoms with Crippen molar-refractivity contribution >= 4 is 22.6 Å². The zero-order valence-electron chi connectivity index (χ0n) is 12.2. The van der Waals surface area contributed by atoms with Gasteiger partial charge < -0.3 is 0 Å². The van der Waals surface area contributed by atoms with Crippen molar-refractivity contribution in [2.75, 3.05) is 0 Å². The van der Waals surface area contributed by atoms with Crippen molar-refractivity contribution in [1.29, 1.82) is 5.41 Å². The van der Waals surface area contributed by atoms with E-state index < -0.39 is 0 Å². The van der Waals surface area contributed by atoms with Crippen molar-refractivity contribution in [1.82, 2.24) is 9.38 Å². The molecule has 0 saturated carbocycles. The highest BCUT2D eigenvalue weighted by Gasteiger charge is 2.14. The summed E-state index contributed by atoms with van der Waals surface area (Å²) in [5.74, 6) is 2.46. The molecule has 0 bridgehead atoms. The van der Waals surface area contributed by atoms with Crippen LogP contribution in [-0.4, -0.2) is 15.3 Å².